The summed E-state index contributed by atoms with van der Waals surface area (Å²) in [4.78, 5) is 15.1. The van der Waals surface area contributed by atoms with Gasteiger partial charge in [0, 0.05) is 35.9 Å². The van der Waals surface area contributed by atoms with Gasteiger partial charge in [0.25, 0.3) is 0 Å². The number of fused-ring (bicyclic) bond motifs is 2. The number of benzene rings is 2. The normalized spacial score (nSPS) is 18.4. The molecule has 0 radical (unpaired) electrons. The second kappa shape index (κ2) is 8.95. The molecule has 2 atom stereocenters. The number of morpholine rings is 1. The van der Waals surface area contributed by atoms with E-state index in [4.69, 9.17) is 14.5 Å². The van der Waals surface area contributed by atoms with E-state index in [0.29, 0.717) is 29.4 Å². The van der Waals surface area contributed by atoms with Crippen LogP contribution in [-0.2, 0) is 4.74 Å². The van der Waals surface area contributed by atoms with Crippen molar-refractivity contribution in [2.75, 3.05) is 18.1 Å². The van der Waals surface area contributed by atoms with Crippen molar-refractivity contribution in [1.82, 2.24) is 25.1 Å². The number of aromatic nitrogens is 5. The number of ether oxygens (including phenoxy) is 2. The predicted octanol–water partition coefficient (Wildman–Crippen LogP) is 5.85. The van der Waals surface area contributed by atoms with Crippen LogP contribution in [0.25, 0.3) is 33.5 Å². The van der Waals surface area contributed by atoms with E-state index in [1.54, 1.807) is 6.20 Å². The second-order valence-corrected chi connectivity index (χ2v) is 9.96. The van der Waals surface area contributed by atoms with Gasteiger partial charge in [0.05, 0.1) is 29.3 Å². The molecule has 1 saturated heterocycles. The van der Waals surface area contributed by atoms with Gasteiger partial charge < -0.3 is 19.4 Å². The Labute approximate surface area is 209 Å². The van der Waals surface area contributed by atoms with Gasteiger partial charge in [0.1, 0.15) is 11.4 Å². The fourth-order valence-corrected chi connectivity index (χ4v) is 4.75. The molecule has 4 heterocycles. The Morgan fingerprint density at radius 1 is 1.08 bits per heavy atom. The van der Waals surface area contributed by atoms with Crippen molar-refractivity contribution in [1.29, 1.82) is 0 Å². The van der Waals surface area contributed by atoms with E-state index in [-0.39, 0.29) is 6.10 Å². The van der Waals surface area contributed by atoms with Crippen LogP contribution in [0.5, 0.6) is 11.6 Å². The summed E-state index contributed by atoms with van der Waals surface area (Å²) in [7, 11) is 0. The molecule has 2 unspecified atom stereocenters. The number of rotatable bonds is 5. The van der Waals surface area contributed by atoms with Gasteiger partial charge in [-0.15, -0.1) is 0 Å². The number of pyridine rings is 1. The van der Waals surface area contributed by atoms with Crippen LogP contribution in [-0.4, -0.2) is 50.4 Å². The monoisotopic (exact) mass is 482 g/mol. The van der Waals surface area contributed by atoms with Gasteiger partial charge in [0.15, 0.2) is 5.82 Å². The van der Waals surface area contributed by atoms with Crippen molar-refractivity contribution in [2.24, 2.45) is 5.92 Å². The highest BCUT2D eigenvalue weighted by atomic mass is 16.5. The molecule has 6 rings (SSSR count). The minimum atomic E-state index is 0.232. The Hall–Kier alpha value is -3.91. The number of nitrogens with one attached hydrogen (secondary N) is 2. The maximum absolute atomic E-state index is 6.05. The summed E-state index contributed by atoms with van der Waals surface area (Å²) in [6.45, 7) is 10.3. The number of nitrogens with zero attached hydrogens (tertiary/aromatic N) is 4. The minimum absolute atomic E-state index is 0.232. The number of hydrogen-bond donors (Lipinski definition) is 2. The fourth-order valence-electron chi connectivity index (χ4n) is 4.75. The molecular formula is C28H30N6O2. The van der Waals surface area contributed by atoms with Crippen LogP contribution >= 0.6 is 0 Å². The van der Waals surface area contributed by atoms with Crippen molar-refractivity contribution in [3.63, 3.8) is 0 Å². The lowest BCUT2D eigenvalue weighted by Crippen LogP contribution is -2.50. The zero-order valence-electron chi connectivity index (χ0n) is 20.9. The fraction of sp³-hybridized carbons (Fsp3) is 0.321. The summed E-state index contributed by atoms with van der Waals surface area (Å²) >= 11 is 0. The summed E-state index contributed by atoms with van der Waals surface area (Å²) in [6, 6.07) is 16.4. The zero-order valence-corrected chi connectivity index (χ0v) is 20.9. The van der Waals surface area contributed by atoms with E-state index in [1.165, 1.54) is 5.69 Å². The van der Waals surface area contributed by atoms with Gasteiger partial charge >= 0.3 is 0 Å². The number of hydrogen-bond acceptors (Lipinski definition) is 6. The molecule has 5 aromatic rings. The lowest BCUT2D eigenvalue weighted by Gasteiger charge is -2.41. The van der Waals surface area contributed by atoms with Crippen LogP contribution in [0.1, 0.15) is 26.3 Å². The summed E-state index contributed by atoms with van der Waals surface area (Å²) in [5.41, 5.74) is 5.82. The van der Waals surface area contributed by atoms with E-state index in [1.807, 2.05) is 37.3 Å². The molecule has 0 bridgehead atoms. The standard InChI is InChI=1S/C28H30N6O2/c1-16(2)25-14-34(18(4)15-35-25)19-5-7-23-24(12-19)31-28(30-23)27-21-13-20(6-8-22(21)32-33-27)36-26-11-17(3)9-10-29-26/h5-13,16,18,25H,14-15H2,1-4H3,(H,30,31)(H,32,33). The number of imidazole rings is 1. The highest BCUT2D eigenvalue weighted by Crippen LogP contribution is 2.32. The quantitative estimate of drug-likeness (QED) is 0.326. The predicted molar refractivity (Wildman–Crippen MR) is 142 cm³/mol. The maximum Gasteiger partial charge on any atom is 0.219 e. The molecule has 3 aromatic heterocycles. The number of H-pyrrole nitrogens is 2. The molecule has 1 aliphatic rings. The molecule has 0 aliphatic carbocycles. The van der Waals surface area contributed by atoms with Crippen LogP contribution in [0.2, 0.25) is 0 Å². The molecular weight excluding hydrogens is 452 g/mol. The van der Waals surface area contributed by atoms with E-state index < -0.39 is 0 Å². The Morgan fingerprint density at radius 3 is 2.81 bits per heavy atom. The van der Waals surface area contributed by atoms with Gasteiger partial charge in [-0.25, -0.2) is 9.97 Å². The van der Waals surface area contributed by atoms with E-state index in [2.05, 4.69) is 64.0 Å². The number of anilines is 1. The first-order chi connectivity index (χ1) is 17.4. The molecule has 184 valence electrons. The van der Waals surface area contributed by atoms with Crippen LogP contribution in [0, 0.1) is 12.8 Å². The maximum atomic E-state index is 6.05. The van der Waals surface area contributed by atoms with Gasteiger partial charge in [-0.05, 0) is 67.8 Å². The molecule has 8 nitrogen and oxygen atoms in total. The molecule has 8 heteroatoms. The summed E-state index contributed by atoms with van der Waals surface area (Å²) in [6.07, 6.45) is 1.98. The third-order valence-corrected chi connectivity index (χ3v) is 6.87. The lowest BCUT2D eigenvalue weighted by atomic mass is 10.0. The van der Waals surface area contributed by atoms with Crippen molar-refractivity contribution in [3.8, 4) is 23.1 Å². The molecule has 0 spiro atoms. The molecule has 0 saturated carbocycles. The van der Waals surface area contributed by atoms with Crippen LogP contribution in [0.3, 0.4) is 0 Å². The number of aryl methyl sites for hydroxylation is 1. The smallest absolute Gasteiger partial charge is 0.219 e. The first-order valence-corrected chi connectivity index (χ1v) is 12.4. The largest absolute Gasteiger partial charge is 0.439 e. The summed E-state index contributed by atoms with van der Waals surface area (Å²) < 4.78 is 12.1. The second-order valence-electron chi connectivity index (χ2n) is 9.96. The molecule has 36 heavy (non-hydrogen) atoms. The highest BCUT2D eigenvalue weighted by molar-refractivity contribution is 5.94. The SMILES string of the molecule is Cc1ccnc(Oc2ccc3[nH]nc(-c4nc5ccc(N6CC(C(C)C)OCC6C)cc5[nH]4)c3c2)c1. The van der Waals surface area contributed by atoms with Crippen molar-refractivity contribution < 1.29 is 9.47 Å². The van der Waals surface area contributed by atoms with Crippen LogP contribution in [0.4, 0.5) is 5.69 Å². The third-order valence-electron chi connectivity index (χ3n) is 6.87. The molecule has 2 N–H and O–H groups in total. The van der Waals surface area contributed by atoms with Gasteiger partial charge in [-0.2, -0.15) is 5.10 Å². The molecule has 1 aliphatic heterocycles. The van der Waals surface area contributed by atoms with Gasteiger partial charge in [-0.1, -0.05) is 13.8 Å². The van der Waals surface area contributed by atoms with Crippen molar-refractivity contribution >= 4 is 27.6 Å². The Kier molecular flexibility index (Phi) is 5.60. The van der Waals surface area contributed by atoms with Crippen molar-refractivity contribution in [2.45, 2.75) is 39.8 Å². The summed E-state index contributed by atoms with van der Waals surface area (Å²) in [5, 5.41) is 8.60. The Balaban J connectivity index is 1.32. The highest BCUT2D eigenvalue weighted by Gasteiger charge is 2.28. The van der Waals surface area contributed by atoms with E-state index in [9.17, 15) is 0 Å². The summed E-state index contributed by atoms with van der Waals surface area (Å²) in [5.74, 6) is 2.45. The first kappa shape index (κ1) is 22.5. The van der Waals surface area contributed by atoms with E-state index >= 15 is 0 Å². The van der Waals surface area contributed by atoms with Crippen LogP contribution < -0.4 is 9.64 Å². The Bertz CT molecular complexity index is 1540. The average molecular weight is 483 g/mol. The van der Waals surface area contributed by atoms with E-state index in [0.717, 1.165) is 46.3 Å². The van der Waals surface area contributed by atoms with Crippen LogP contribution in [0.15, 0.2) is 54.7 Å². The zero-order chi connectivity index (χ0) is 24.8. The molecule has 2 aromatic carbocycles. The third kappa shape index (κ3) is 4.18. The average Bonchev–Trinajstić information content (AvgIpc) is 3.47. The number of aromatic amines is 2. The van der Waals surface area contributed by atoms with Gasteiger partial charge in [-0.3, -0.25) is 5.10 Å². The lowest BCUT2D eigenvalue weighted by molar-refractivity contribution is -0.00422. The topological polar surface area (TPSA) is 91.9 Å². The molecule has 0 amide bonds. The van der Waals surface area contributed by atoms with Gasteiger partial charge in [0.2, 0.25) is 5.88 Å². The van der Waals surface area contributed by atoms with Crippen molar-refractivity contribution in [3.05, 3.63) is 60.3 Å². The molecule has 1 fully saturated rings. The first-order valence-electron chi connectivity index (χ1n) is 12.4. The Morgan fingerprint density at radius 2 is 1.97 bits per heavy atom. The minimum Gasteiger partial charge on any atom is -0.439 e.